The smallest absolute Gasteiger partial charge is 0.0712 e. The maximum atomic E-state index is 3.43. The van der Waals surface area contributed by atoms with Gasteiger partial charge in [-0.05, 0) is 50.1 Å². The summed E-state index contributed by atoms with van der Waals surface area (Å²) in [5.74, 6) is 0. The van der Waals surface area contributed by atoms with Crippen LogP contribution in [-0.4, -0.2) is 0 Å². The predicted molar refractivity (Wildman–Crippen MR) is 61.9 cm³/mol. The van der Waals surface area contributed by atoms with Gasteiger partial charge in [0.05, 0.1) is 13.0 Å². The first kappa shape index (κ1) is 8.94. The minimum atomic E-state index is 1.13. The molecular formula is C8H3Br2S2. The Morgan fingerprint density at radius 3 is 2.50 bits per heavy atom. The molecule has 0 fully saturated rings. The second-order valence-corrected chi connectivity index (χ2v) is 6.86. The van der Waals surface area contributed by atoms with Crippen LogP contribution in [0.15, 0.2) is 25.8 Å². The van der Waals surface area contributed by atoms with Crippen LogP contribution in [0.3, 0.4) is 0 Å². The maximum Gasteiger partial charge on any atom is 0.0712 e. The molecular weight excluding hydrogens is 320 g/mol. The van der Waals surface area contributed by atoms with E-state index in [0.717, 1.165) is 7.57 Å². The van der Waals surface area contributed by atoms with E-state index in [-0.39, 0.29) is 0 Å². The highest BCUT2D eigenvalue weighted by Gasteiger charge is 2.03. The summed E-state index contributed by atoms with van der Waals surface area (Å²) < 4.78 is 2.29. The molecule has 0 N–H and O–H groups in total. The zero-order chi connectivity index (χ0) is 8.55. The van der Waals surface area contributed by atoms with Crippen LogP contribution in [-0.2, 0) is 0 Å². The Morgan fingerprint density at radius 1 is 1.17 bits per heavy atom. The van der Waals surface area contributed by atoms with Gasteiger partial charge in [0.2, 0.25) is 0 Å². The van der Waals surface area contributed by atoms with Crippen LogP contribution in [0.1, 0.15) is 0 Å². The Bertz CT molecular complexity index is 351. The molecule has 2 heterocycles. The molecule has 12 heavy (non-hydrogen) atoms. The topological polar surface area (TPSA) is 0 Å². The largest absolute Gasteiger partial charge is 0.128 e. The van der Waals surface area contributed by atoms with E-state index in [2.05, 4.69) is 55.4 Å². The van der Waals surface area contributed by atoms with Crippen molar-refractivity contribution in [2.75, 3.05) is 0 Å². The molecule has 0 spiro atoms. The zero-order valence-electron chi connectivity index (χ0n) is 5.80. The fourth-order valence-electron chi connectivity index (χ4n) is 0.857. The number of thiophene rings is 2. The van der Waals surface area contributed by atoms with Crippen LogP contribution >= 0.6 is 54.5 Å². The Morgan fingerprint density at radius 2 is 2.00 bits per heavy atom. The number of hydrogen-bond acceptors (Lipinski definition) is 2. The SMILES string of the molecule is Brc1cc(-c2ccc(Br)s2)[c]s1. The highest BCUT2D eigenvalue weighted by molar-refractivity contribution is 9.11. The summed E-state index contributed by atoms with van der Waals surface area (Å²) in [5.41, 5.74) is 1.17. The van der Waals surface area contributed by atoms with Crippen molar-refractivity contribution in [2.24, 2.45) is 0 Å². The fourth-order valence-corrected chi connectivity index (χ4v) is 3.30. The average Bonchev–Trinajstić information content (AvgIpc) is 2.58. The molecule has 0 nitrogen and oxygen atoms in total. The van der Waals surface area contributed by atoms with Crippen LogP contribution in [0.5, 0.6) is 0 Å². The van der Waals surface area contributed by atoms with E-state index in [1.165, 1.54) is 10.4 Å². The summed E-state index contributed by atoms with van der Waals surface area (Å²) >= 11 is 10.2. The molecule has 0 aliphatic heterocycles. The highest BCUT2D eigenvalue weighted by atomic mass is 79.9. The van der Waals surface area contributed by atoms with Crippen molar-refractivity contribution in [3.05, 3.63) is 31.2 Å². The van der Waals surface area contributed by atoms with Crippen LogP contribution in [0, 0.1) is 5.38 Å². The standard InChI is InChI=1S/C8H3Br2S2/c9-7-2-1-6(12-7)5-3-8(10)11-4-5/h1-3H. The Balaban J connectivity index is 2.43. The molecule has 0 aromatic carbocycles. The van der Waals surface area contributed by atoms with Crippen molar-refractivity contribution < 1.29 is 0 Å². The van der Waals surface area contributed by atoms with E-state index in [0.29, 0.717) is 0 Å². The highest BCUT2D eigenvalue weighted by Crippen LogP contribution is 2.34. The minimum absolute atomic E-state index is 1.13. The van der Waals surface area contributed by atoms with Gasteiger partial charge in [0, 0.05) is 10.4 Å². The van der Waals surface area contributed by atoms with Crippen molar-refractivity contribution >= 4 is 54.5 Å². The summed E-state index contributed by atoms with van der Waals surface area (Å²) in [5, 5.41) is 3.22. The van der Waals surface area contributed by atoms with Gasteiger partial charge in [-0.3, -0.25) is 0 Å². The maximum absolute atomic E-state index is 3.43. The summed E-state index contributed by atoms with van der Waals surface area (Å²) in [6.07, 6.45) is 0. The molecule has 0 amide bonds. The lowest BCUT2D eigenvalue weighted by Crippen LogP contribution is -1.59. The molecule has 0 aliphatic carbocycles. The average molecular weight is 323 g/mol. The molecule has 2 aromatic rings. The number of hydrogen-bond donors (Lipinski definition) is 0. The van der Waals surface area contributed by atoms with Crippen molar-refractivity contribution in [1.82, 2.24) is 0 Å². The minimum Gasteiger partial charge on any atom is -0.128 e. The summed E-state index contributed by atoms with van der Waals surface area (Å²) in [6, 6.07) is 6.24. The van der Waals surface area contributed by atoms with Gasteiger partial charge in [-0.15, -0.1) is 22.7 Å². The molecule has 2 rings (SSSR count). The lowest BCUT2D eigenvalue weighted by Gasteiger charge is -1.85. The van der Waals surface area contributed by atoms with Crippen LogP contribution in [0.25, 0.3) is 10.4 Å². The van der Waals surface area contributed by atoms with Gasteiger partial charge in [0.25, 0.3) is 0 Å². The van der Waals surface area contributed by atoms with Crippen molar-refractivity contribution in [3.63, 3.8) is 0 Å². The molecule has 0 saturated heterocycles. The van der Waals surface area contributed by atoms with Gasteiger partial charge >= 0.3 is 0 Å². The summed E-state index contributed by atoms with van der Waals surface area (Å²) in [4.78, 5) is 1.25. The Labute approximate surface area is 95.5 Å². The quantitative estimate of drug-likeness (QED) is 0.707. The van der Waals surface area contributed by atoms with Crippen molar-refractivity contribution in [1.29, 1.82) is 0 Å². The van der Waals surface area contributed by atoms with Gasteiger partial charge in [0.1, 0.15) is 0 Å². The first-order chi connectivity index (χ1) is 5.75. The van der Waals surface area contributed by atoms with Crippen LogP contribution < -0.4 is 0 Å². The lowest BCUT2D eigenvalue weighted by atomic mass is 10.3. The second-order valence-electron chi connectivity index (χ2n) is 2.17. The Kier molecular flexibility index (Phi) is 2.69. The summed E-state index contributed by atoms with van der Waals surface area (Å²) in [7, 11) is 0. The summed E-state index contributed by atoms with van der Waals surface area (Å²) in [6.45, 7) is 0. The van der Waals surface area contributed by atoms with E-state index in [1.54, 1.807) is 22.7 Å². The van der Waals surface area contributed by atoms with E-state index < -0.39 is 0 Å². The molecule has 4 heteroatoms. The van der Waals surface area contributed by atoms with Gasteiger partial charge in [-0.2, -0.15) is 0 Å². The van der Waals surface area contributed by atoms with Gasteiger partial charge in [-0.25, -0.2) is 0 Å². The number of halogens is 2. The van der Waals surface area contributed by atoms with E-state index in [4.69, 9.17) is 0 Å². The molecule has 0 bridgehead atoms. The lowest BCUT2D eigenvalue weighted by molar-refractivity contribution is 1.86. The molecule has 0 atom stereocenters. The Hall–Kier alpha value is 0.360. The van der Waals surface area contributed by atoms with Gasteiger partial charge < -0.3 is 0 Å². The molecule has 0 unspecified atom stereocenters. The van der Waals surface area contributed by atoms with Crippen LogP contribution in [0.2, 0.25) is 0 Å². The molecule has 1 radical (unpaired) electrons. The normalized spacial score (nSPS) is 10.5. The third-order valence-corrected chi connectivity index (χ3v) is 4.36. The van der Waals surface area contributed by atoms with Crippen LogP contribution in [0.4, 0.5) is 0 Å². The zero-order valence-corrected chi connectivity index (χ0v) is 10.6. The van der Waals surface area contributed by atoms with E-state index >= 15 is 0 Å². The van der Waals surface area contributed by atoms with E-state index in [1.807, 2.05) is 0 Å². The van der Waals surface area contributed by atoms with E-state index in [9.17, 15) is 0 Å². The first-order valence-electron chi connectivity index (χ1n) is 3.18. The fraction of sp³-hybridized carbons (Fsp3) is 0. The first-order valence-corrected chi connectivity index (χ1v) is 6.40. The van der Waals surface area contributed by atoms with Crippen molar-refractivity contribution in [2.45, 2.75) is 0 Å². The second kappa shape index (κ2) is 3.62. The monoisotopic (exact) mass is 321 g/mol. The van der Waals surface area contributed by atoms with Gasteiger partial charge in [-0.1, -0.05) is 0 Å². The third kappa shape index (κ3) is 1.82. The molecule has 0 saturated carbocycles. The van der Waals surface area contributed by atoms with Gasteiger partial charge in [0.15, 0.2) is 0 Å². The number of rotatable bonds is 1. The molecule has 61 valence electrons. The third-order valence-electron chi connectivity index (χ3n) is 1.35. The molecule has 2 aromatic heterocycles. The predicted octanol–water partition coefficient (Wildman–Crippen LogP) is 4.80. The van der Waals surface area contributed by atoms with Crippen molar-refractivity contribution in [3.8, 4) is 10.4 Å². The molecule has 0 aliphatic rings.